The van der Waals surface area contributed by atoms with Crippen LogP contribution in [0, 0.1) is 13.8 Å². The molecule has 1 unspecified atom stereocenters. The Labute approximate surface area is 115 Å². The molecule has 17 heavy (non-hydrogen) atoms. The Bertz CT molecular complexity index is 519. The Morgan fingerprint density at radius 2 is 2.00 bits per heavy atom. The standard InChI is InChI=1S/C14H15BrOS/c1-9-4-5-12(10(2)6-9)14(15)13-7-11(16-3)8-17-13/h4-8,14H,1-3H3. The van der Waals surface area contributed by atoms with E-state index in [1.807, 2.05) is 5.38 Å². The molecule has 0 N–H and O–H groups in total. The van der Waals surface area contributed by atoms with E-state index < -0.39 is 0 Å². The van der Waals surface area contributed by atoms with Crippen LogP contribution >= 0.6 is 27.3 Å². The van der Waals surface area contributed by atoms with Crippen LogP contribution in [0.3, 0.4) is 0 Å². The molecule has 1 aromatic carbocycles. The lowest BCUT2D eigenvalue weighted by Gasteiger charge is -2.12. The van der Waals surface area contributed by atoms with E-state index in [4.69, 9.17) is 4.74 Å². The number of alkyl halides is 1. The summed E-state index contributed by atoms with van der Waals surface area (Å²) in [4.78, 5) is 1.52. The molecule has 1 nitrogen and oxygen atoms in total. The van der Waals surface area contributed by atoms with Crippen molar-refractivity contribution in [3.63, 3.8) is 0 Å². The van der Waals surface area contributed by atoms with Crippen molar-refractivity contribution in [2.45, 2.75) is 18.7 Å². The number of benzene rings is 1. The van der Waals surface area contributed by atoms with Gasteiger partial charge in [-0.2, -0.15) is 0 Å². The predicted octanol–water partition coefficient (Wildman–Crippen LogP) is 4.86. The Hall–Kier alpha value is -0.800. The zero-order valence-corrected chi connectivity index (χ0v) is 12.6. The third kappa shape index (κ3) is 2.72. The van der Waals surface area contributed by atoms with Crippen molar-refractivity contribution in [3.8, 4) is 5.75 Å². The quantitative estimate of drug-likeness (QED) is 0.736. The van der Waals surface area contributed by atoms with Crippen LogP contribution in [0.5, 0.6) is 5.75 Å². The first kappa shape index (κ1) is 12.7. The topological polar surface area (TPSA) is 9.23 Å². The van der Waals surface area contributed by atoms with Gasteiger partial charge in [-0.3, -0.25) is 0 Å². The summed E-state index contributed by atoms with van der Waals surface area (Å²) in [5, 5.41) is 2.03. The predicted molar refractivity (Wildman–Crippen MR) is 77.6 cm³/mol. The maximum Gasteiger partial charge on any atom is 0.129 e. The van der Waals surface area contributed by atoms with Gasteiger partial charge >= 0.3 is 0 Å². The van der Waals surface area contributed by atoms with Gasteiger partial charge in [0.1, 0.15) is 5.75 Å². The molecule has 0 radical (unpaired) electrons. The number of methoxy groups -OCH3 is 1. The molecule has 0 saturated carbocycles. The summed E-state index contributed by atoms with van der Waals surface area (Å²) in [6.45, 7) is 4.27. The molecule has 0 aliphatic heterocycles. The first-order valence-electron chi connectivity index (χ1n) is 5.45. The number of hydrogen-bond acceptors (Lipinski definition) is 2. The van der Waals surface area contributed by atoms with E-state index in [0.717, 1.165) is 5.75 Å². The number of halogens is 1. The van der Waals surface area contributed by atoms with Gasteiger partial charge < -0.3 is 4.74 Å². The average Bonchev–Trinajstić information content (AvgIpc) is 2.76. The van der Waals surface area contributed by atoms with Crippen molar-refractivity contribution < 1.29 is 4.74 Å². The second-order valence-electron chi connectivity index (χ2n) is 4.11. The summed E-state index contributed by atoms with van der Waals surface area (Å²) in [6.07, 6.45) is 0. The largest absolute Gasteiger partial charge is 0.496 e. The van der Waals surface area contributed by atoms with Crippen LogP contribution < -0.4 is 4.74 Å². The molecule has 1 aromatic heterocycles. The molecule has 0 amide bonds. The number of ether oxygens (including phenoxy) is 1. The van der Waals surface area contributed by atoms with E-state index in [-0.39, 0.29) is 4.83 Å². The highest BCUT2D eigenvalue weighted by Crippen LogP contribution is 2.38. The second kappa shape index (κ2) is 5.23. The molecular weight excluding hydrogens is 296 g/mol. The Kier molecular flexibility index (Phi) is 3.89. The molecule has 2 rings (SSSR count). The molecule has 90 valence electrons. The molecule has 0 bridgehead atoms. The van der Waals surface area contributed by atoms with Gasteiger partial charge in [0.2, 0.25) is 0 Å². The first-order valence-corrected chi connectivity index (χ1v) is 7.25. The van der Waals surface area contributed by atoms with Crippen LogP contribution in [0.15, 0.2) is 29.6 Å². The molecule has 1 heterocycles. The number of hydrogen-bond donors (Lipinski definition) is 0. The second-order valence-corrected chi connectivity index (χ2v) is 5.97. The fourth-order valence-corrected chi connectivity index (χ4v) is 3.65. The highest BCUT2D eigenvalue weighted by Gasteiger charge is 2.15. The normalized spacial score (nSPS) is 12.5. The van der Waals surface area contributed by atoms with Crippen molar-refractivity contribution in [1.82, 2.24) is 0 Å². The molecule has 0 aliphatic carbocycles. The van der Waals surface area contributed by atoms with Crippen LogP contribution in [0.2, 0.25) is 0 Å². The number of aryl methyl sites for hydroxylation is 2. The van der Waals surface area contributed by atoms with Gasteiger partial charge in [-0.15, -0.1) is 11.3 Å². The van der Waals surface area contributed by atoms with E-state index in [9.17, 15) is 0 Å². The average molecular weight is 311 g/mol. The molecule has 0 aliphatic rings. The Morgan fingerprint density at radius 1 is 1.24 bits per heavy atom. The van der Waals surface area contributed by atoms with Gasteiger partial charge in [0.15, 0.2) is 0 Å². The van der Waals surface area contributed by atoms with E-state index in [2.05, 4.69) is 54.0 Å². The van der Waals surface area contributed by atoms with Gasteiger partial charge in [0, 0.05) is 10.3 Å². The highest BCUT2D eigenvalue weighted by molar-refractivity contribution is 9.09. The fourth-order valence-electron chi connectivity index (χ4n) is 1.84. The minimum atomic E-state index is 0.247. The molecule has 0 fully saturated rings. The Balaban J connectivity index is 2.33. The zero-order valence-electron chi connectivity index (χ0n) is 10.2. The van der Waals surface area contributed by atoms with Gasteiger partial charge in [0.25, 0.3) is 0 Å². The van der Waals surface area contributed by atoms with Crippen LogP contribution in [0.4, 0.5) is 0 Å². The van der Waals surface area contributed by atoms with Gasteiger partial charge in [-0.05, 0) is 31.0 Å². The van der Waals surface area contributed by atoms with E-state index in [1.165, 1.54) is 21.6 Å². The number of rotatable bonds is 3. The molecule has 0 spiro atoms. The van der Waals surface area contributed by atoms with Gasteiger partial charge in [-0.1, -0.05) is 39.7 Å². The third-order valence-electron chi connectivity index (χ3n) is 2.78. The minimum Gasteiger partial charge on any atom is -0.496 e. The van der Waals surface area contributed by atoms with Gasteiger partial charge in [-0.25, -0.2) is 0 Å². The van der Waals surface area contributed by atoms with Crippen LogP contribution in [-0.2, 0) is 0 Å². The molecular formula is C14H15BrOS. The summed E-state index contributed by atoms with van der Waals surface area (Å²) in [7, 11) is 1.70. The monoisotopic (exact) mass is 310 g/mol. The first-order chi connectivity index (χ1) is 8.11. The summed E-state index contributed by atoms with van der Waals surface area (Å²) >= 11 is 5.48. The SMILES string of the molecule is COc1csc(C(Br)c2ccc(C)cc2C)c1. The van der Waals surface area contributed by atoms with Crippen molar-refractivity contribution >= 4 is 27.3 Å². The lowest BCUT2D eigenvalue weighted by atomic mass is 10.0. The maximum atomic E-state index is 5.22. The van der Waals surface area contributed by atoms with Crippen LogP contribution in [-0.4, -0.2) is 7.11 Å². The molecule has 0 saturated heterocycles. The zero-order chi connectivity index (χ0) is 12.4. The number of thiophene rings is 1. The van der Waals surface area contributed by atoms with Crippen LogP contribution in [0.25, 0.3) is 0 Å². The van der Waals surface area contributed by atoms with Crippen molar-refractivity contribution in [2.24, 2.45) is 0 Å². The van der Waals surface area contributed by atoms with Crippen LogP contribution in [0.1, 0.15) is 26.4 Å². The summed E-state index contributed by atoms with van der Waals surface area (Å²) < 4.78 is 5.22. The molecule has 1 atom stereocenters. The Morgan fingerprint density at radius 3 is 2.59 bits per heavy atom. The van der Waals surface area contributed by atoms with Crippen molar-refractivity contribution in [1.29, 1.82) is 0 Å². The maximum absolute atomic E-state index is 5.22. The fraction of sp³-hybridized carbons (Fsp3) is 0.286. The lowest BCUT2D eigenvalue weighted by Crippen LogP contribution is -1.94. The van der Waals surface area contributed by atoms with E-state index in [1.54, 1.807) is 18.4 Å². The minimum absolute atomic E-state index is 0.247. The van der Waals surface area contributed by atoms with Crippen molar-refractivity contribution in [3.05, 3.63) is 51.2 Å². The summed E-state index contributed by atoms with van der Waals surface area (Å²) in [5.74, 6) is 0.930. The summed E-state index contributed by atoms with van der Waals surface area (Å²) in [5.41, 5.74) is 3.94. The van der Waals surface area contributed by atoms with Gasteiger partial charge in [0.05, 0.1) is 11.9 Å². The highest BCUT2D eigenvalue weighted by atomic mass is 79.9. The molecule has 3 heteroatoms. The van der Waals surface area contributed by atoms with Crippen molar-refractivity contribution in [2.75, 3.05) is 7.11 Å². The van der Waals surface area contributed by atoms with E-state index in [0.29, 0.717) is 0 Å². The smallest absolute Gasteiger partial charge is 0.129 e. The van der Waals surface area contributed by atoms with E-state index >= 15 is 0 Å². The third-order valence-corrected chi connectivity index (χ3v) is 5.04. The summed E-state index contributed by atoms with van der Waals surface area (Å²) in [6, 6.07) is 8.65. The molecule has 2 aromatic rings. The lowest BCUT2D eigenvalue weighted by molar-refractivity contribution is 0.416.